The minimum absolute atomic E-state index is 0.0939. The fourth-order valence-corrected chi connectivity index (χ4v) is 3.34. The smallest absolute Gasteiger partial charge is 0.245 e. The first kappa shape index (κ1) is 13.2. The van der Waals surface area contributed by atoms with Crippen molar-refractivity contribution in [3.63, 3.8) is 0 Å². The first-order valence-corrected chi connectivity index (χ1v) is 7.28. The molecule has 1 aromatic rings. The van der Waals surface area contributed by atoms with Gasteiger partial charge in [-0.05, 0) is 25.5 Å². The van der Waals surface area contributed by atoms with Crippen LogP contribution in [0.3, 0.4) is 0 Å². The lowest BCUT2D eigenvalue weighted by molar-refractivity contribution is 0.119. The number of nitrogens with one attached hydrogen (secondary N) is 1. The molecule has 1 aliphatic rings. The van der Waals surface area contributed by atoms with E-state index in [1.807, 2.05) is 6.92 Å². The Morgan fingerprint density at radius 2 is 2.06 bits per heavy atom. The van der Waals surface area contributed by atoms with Crippen molar-refractivity contribution in [2.24, 2.45) is 4.99 Å². The van der Waals surface area contributed by atoms with Gasteiger partial charge in [-0.25, -0.2) is 8.42 Å². The average Bonchev–Trinajstić information content (AvgIpc) is 2.34. The van der Waals surface area contributed by atoms with E-state index in [9.17, 15) is 13.5 Å². The second-order valence-electron chi connectivity index (χ2n) is 4.45. The van der Waals surface area contributed by atoms with Crippen molar-refractivity contribution in [2.75, 3.05) is 0 Å². The number of hydrogen-bond acceptors (Lipinski definition) is 4. The molecule has 5 nitrogen and oxygen atoms in total. The third-order valence-electron chi connectivity index (χ3n) is 2.79. The lowest BCUT2D eigenvalue weighted by Gasteiger charge is -2.24. The van der Waals surface area contributed by atoms with Gasteiger partial charge in [0.15, 0.2) is 5.72 Å². The number of hydrogen-bond donors (Lipinski definition) is 2. The van der Waals surface area contributed by atoms with Crippen molar-refractivity contribution in [1.29, 1.82) is 0 Å². The van der Waals surface area contributed by atoms with Crippen LogP contribution in [0.2, 0.25) is 0 Å². The summed E-state index contributed by atoms with van der Waals surface area (Å²) < 4.78 is 26.5. The van der Waals surface area contributed by atoms with Crippen LogP contribution in [0.4, 0.5) is 5.69 Å². The maximum atomic E-state index is 12.1. The highest BCUT2D eigenvalue weighted by atomic mass is 32.2. The molecule has 0 amide bonds. The molecular formula is C12H16N2O3S. The first-order valence-electron chi connectivity index (χ1n) is 5.80. The lowest BCUT2D eigenvalue weighted by atomic mass is 10.1. The zero-order valence-corrected chi connectivity index (χ0v) is 11.2. The lowest BCUT2D eigenvalue weighted by Crippen LogP contribution is -2.51. The molecule has 6 heteroatoms. The summed E-state index contributed by atoms with van der Waals surface area (Å²) >= 11 is 0. The van der Waals surface area contributed by atoms with Gasteiger partial charge in [-0.1, -0.05) is 25.5 Å². The van der Waals surface area contributed by atoms with Crippen molar-refractivity contribution in [2.45, 2.75) is 37.3 Å². The largest absolute Gasteiger partial charge is 0.370 e. The van der Waals surface area contributed by atoms with Gasteiger partial charge in [-0.2, -0.15) is 4.72 Å². The molecule has 18 heavy (non-hydrogen) atoms. The molecule has 1 aromatic carbocycles. The molecule has 0 aromatic heterocycles. The van der Waals surface area contributed by atoms with Gasteiger partial charge in [0.05, 0.1) is 11.4 Å². The monoisotopic (exact) mass is 268 g/mol. The molecule has 1 unspecified atom stereocenters. The zero-order valence-electron chi connectivity index (χ0n) is 10.3. The number of nitrogens with zero attached hydrogens (tertiary/aromatic N) is 1. The van der Waals surface area contributed by atoms with Crippen molar-refractivity contribution in [3.05, 3.63) is 24.3 Å². The molecule has 1 aliphatic heterocycles. The van der Waals surface area contributed by atoms with E-state index in [-0.39, 0.29) is 4.90 Å². The third-order valence-corrected chi connectivity index (χ3v) is 4.38. The summed E-state index contributed by atoms with van der Waals surface area (Å²) in [5.74, 6) is 0. The Hall–Kier alpha value is -1.24. The van der Waals surface area contributed by atoms with E-state index in [4.69, 9.17) is 0 Å². The highest BCUT2D eigenvalue weighted by molar-refractivity contribution is 7.89. The Labute approximate surface area is 107 Å². The van der Waals surface area contributed by atoms with Crippen LogP contribution >= 0.6 is 0 Å². The van der Waals surface area contributed by atoms with Crippen LogP contribution in [-0.4, -0.2) is 25.0 Å². The summed E-state index contributed by atoms with van der Waals surface area (Å²) in [5, 5.41) is 10.2. The second-order valence-corrected chi connectivity index (χ2v) is 6.10. The highest BCUT2D eigenvalue weighted by Crippen LogP contribution is 2.29. The number of aliphatic hydroxyl groups is 1. The van der Waals surface area contributed by atoms with Crippen LogP contribution in [0.25, 0.3) is 0 Å². The van der Waals surface area contributed by atoms with Crippen LogP contribution in [0.1, 0.15) is 26.7 Å². The Morgan fingerprint density at radius 1 is 1.39 bits per heavy atom. The van der Waals surface area contributed by atoms with Gasteiger partial charge in [-0.15, -0.1) is 0 Å². The summed E-state index contributed by atoms with van der Waals surface area (Å²) in [5.41, 5.74) is -0.849. The minimum atomic E-state index is -3.75. The molecule has 0 spiro atoms. The molecule has 0 bridgehead atoms. The molecule has 1 atom stereocenters. The number of sulfonamides is 1. The predicted molar refractivity (Wildman–Crippen MR) is 69.4 cm³/mol. The van der Waals surface area contributed by atoms with E-state index in [2.05, 4.69) is 9.71 Å². The van der Waals surface area contributed by atoms with Crippen molar-refractivity contribution >= 4 is 21.4 Å². The van der Waals surface area contributed by atoms with Gasteiger partial charge < -0.3 is 5.11 Å². The van der Waals surface area contributed by atoms with Gasteiger partial charge in [-0.3, -0.25) is 4.99 Å². The predicted octanol–water partition coefficient (Wildman–Crippen LogP) is 1.56. The molecule has 0 fully saturated rings. The van der Waals surface area contributed by atoms with Crippen LogP contribution < -0.4 is 4.72 Å². The van der Waals surface area contributed by atoms with E-state index in [1.54, 1.807) is 18.2 Å². The average molecular weight is 268 g/mol. The minimum Gasteiger partial charge on any atom is -0.370 e. The topological polar surface area (TPSA) is 78.8 Å². The molecule has 0 radical (unpaired) electrons. The summed E-state index contributed by atoms with van der Waals surface area (Å²) in [4.78, 5) is 4.40. The van der Waals surface area contributed by atoms with Crippen LogP contribution in [0.15, 0.2) is 34.2 Å². The van der Waals surface area contributed by atoms with E-state index >= 15 is 0 Å². The third kappa shape index (κ3) is 2.31. The van der Waals surface area contributed by atoms with Gasteiger partial charge >= 0.3 is 0 Å². The summed E-state index contributed by atoms with van der Waals surface area (Å²) in [7, 11) is -3.75. The number of fused-ring (bicyclic) bond motifs is 1. The highest BCUT2D eigenvalue weighted by Gasteiger charge is 2.36. The van der Waals surface area contributed by atoms with Gasteiger partial charge in [0.2, 0.25) is 10.0 Å². The maximum absolute atomic E-state index is 12.1. The summed E-state index contributed by atoms with van der Waals surface area (Å²) in [6, 6.07) is 6.46. The zero-order chi connectivity index (χ0) is 13.4. The molecule has 2 N–H and O–H groups in total. The molecule has 2 rings (SSSR count). The quantitative estimate of drug-likeness (QED) is 0.854. The summed E-state index contributed by atoms with van der Waals surface area (Å²) in [6.45, 7) is 3.36. The van der Waals surface area contributed by atoms with Crippen molar-refractivity contribution < 1.29 is 13.5 Å². The Morgan fingerprint density at radius 3 is 2.72 bits per heavy atom. The van der Waals surface area contributed by atoms with Gasteiger partial charge in [0.25, 0.3) is 0 Å². The van der Waals surface area contributed by atoms with E-state index in [1.165, 1.54) is 13.0 Å². The fraction of sp³-hybridized carbons (Fsp3) is 0.417. The molecule has 0 saturated carbocycles. The Bertz CT molecular complexity index is 591. The van der Waals surface area contributed by atoms with Crippen LogP contribution in [0, 0.1) is 0 Å². The van der Waals surface area contributed by atoms with Crippen LogP contribution in [0.5, 0.6) is 0 Å². The van der Waals surface area contributed by atoms with E-state index in [0.29, 0.717) is 17.8 Å². The van der Waals surface area contributed by atoms with E-state index in [0.717, 1.165) is 6.42 Å². The number of benzene rings is 1. The summed E-state index contributed by atoms with van der Waals surface area (Å²) in [6.07, 6.45) is 1.31. The molecule has 98 valence electrons. The van der Waals surface area contributed by atoms with Gasteiger partial charge in [0.1, 0.15) is 4.90 Å². The maximum Gasteiger partial charge on any atom is 0.245 e. The molecule has 0 aliphatic carbocycles. The van der Waals surface area contributed by atoms with Crippen molar-refractivity contribution in [1.82, 2.24) is 4.72 Å². The fourth-order valence-electron chi connectivity index (χ4n) is 1.94. The molecule has 1 heterocycles. The SMILES string of the molecule is CCCC1=Nc2ccccc2S(=O)(=O)NC1(C)O. The number of rotatable bonds is 2. The standard InChI is InChI=1S/C12H16N2O3S/c1-3-6-11-12(2,15)14-18(16,17)10-8-5-4-7-9(10)13-11/h4-5,7-8,14-15H,3,6H2,1-2H3. The second kappa shape index (κ2) is 4.46. The first-order chi connectivity index (χ1) is 8.37. The van der Waals surface area contributed by atoms with Crippen LogP contribution in [-0.2, 0) is 10.0 Å². The Kier molecular flexibility index (Phi) is 3.27. The van der Waals surface area contributed by atoms with Gasteiger partial charge in [0, 0.05) is 0 Å². The Balaban J connectivity index is 2.65. The van der Waals surface area contributed by atoms with E-state index < -0.39 is 15.7 Å². The number of para-hydroxylation sites is 1. The normalized spacial score (nSPS) is 26.1. The number of aliphatic imine (C=N–C) groups is 1. The molecule has 0 saturated heterocycles. The van der Waals surface area contributed by atoms with Crippen molar-refractivity contribution in [3.8, 4) is 0 Å². The molecular weight excluding hydrogens is 252 g/mol.